The SMILES string of the molecule is COC([CH2][Hg+])CNC(=O)NC(=O)CCC(=O)O.[OH-]. The Hall–Kier alpha value is -0.735. The number of carbonyl (C=O) groups is 3. The minimum absolute atomic E-state index is 0. The summed E-state index contributed by atoms with van der Waals surface area (Å²) in [5.74, 6) is -1.67. The Morgan fingerprint density at radius 2 is 1.94 bits per heavy atom. The van der Waals surface area contributed by atoms with Crippen LogP contribution < -0.4 is 10.6 Å². The maximum absolute atomic E-state index is 11.2. The van der Waals surface area contributed by atoms with Gasteiger partial charge in [-0.25, -0.2) is 0 Å². The molecule has 0 heterocycles. The molecular formula is C9H16HgN2O6. The van der Waals surface area contributed by atoms with E-state index in [1.165, 1.54) is 0 Å². The van der Waals surface area contributed by atoms with Gasteiger partial charge in [-0.2, -0.15) is 0 Å². The van der Waals surface area contributed by atoms with Crippen molar-refractivity contribution in [1.29, 1.82) is 0 Å². The average molecular weight is 449 g/mol. The maximum atomic E-state index is 11.2. The van der Waals surface area contributed by atoms with Crippen molar-refractivity contribution in [3.05, 3.63) is 0 Å². The molecule has 4 N–H and O–H groups in total. The number of hydrogen-bond acceptors (Lipinski definition) is 5. The largest absolute Gasteiger partial charge is 0.870 e. The molecule has 0 spiro atoms. The van der Waals surface area contributed by atoms with E-state index in [0.717, 1.165) is 3.93 Å². The van der Waals surface area contributed by atoms with Gasteiger partial charge in [0.25, 0.3) is 0 Å². The number of amides is 3. The van der Waals surface area contributed by atoms with Gasteiger partial charge in [-0.1, -0.05) is 0 Å². The molecule has 0 saturated carbocycles. The van der Waals surface area contributed by atoms with Crippen LogP contribution in [0.5, 0.6) is 0 Å². The molecular weight excluding hydrogens is 433 g/mol. The van der Waals surface area contributed by atoms with Crippen LogP contribution in [0.1, 0.15) is 12.8 Å². The smallest absolute Gasteiger partial charge is 0.870 e. The molecule has 18 heavy (non-hydrogen) atoms. The fraction of sp³-hybridized carbons (Fsp3) is 0.667. The molecule has 8 nitrogen and oxygen atoms in total. The first kappa shape index (κ1) is 19.6. The van der Waals surface area contributed by atoms with Crippen molar-refractivity contribution in [3.63, 3.8) is 0 Å². The molecule has 0 aliphatic heterocycles. The molecule has 100 valence electrons. The third kappa shape index (κ3) is 10.4. The van der Waals surface area contributed by atoms with E-state index in [2.05, 4.69) is 5.32 Å². The van der Waals surface area contributed by atoms with Gasteiger partial charge >= 0.3 is 115 Å². The molecule has 0 fully saturated rings. The number of imide groups is 1. The first-order valence-electron chi connectivity index (χ1n) is 5.11. The number of nitrogens with one attached hydrogen (secondary N) is 2. The van der Waals surface area contributed by atoms with Gasteiger partial charge in [0, 0.05) is 0 Å². The first-order valence-corrected chi connectivity index (χ1v) is 8.99. The summed E-state index contributed by atoms with van der Waals surface area (Å²) >= 11 is 0.581. The second kappa shape index (κ2) is 11.4. The number of methoxy groups -OCH3 is 1. The summed E-state index contributed by atoms with van der Waals surface area (Å²) in [5, 5.41) is 12.9. The van der Waals surface area contributed by atoms with E-state index >= 15 is 0 Å². The van der Waals surface area contributed by atoms with E-state index < -0.39 is 17.9 Å². The third-order valence-corrected chi connectivity index (χ3v) is 4.47. The molecule has 0 aromatic carbocycles. The van der Waals surface area contributed by atoms with Crippen molar-refractivity contribution in [1.82, 2.24) is 10.6 Å². The van der Waals surface area contributed by atoms with Gasteiger partial charge < -0.3 is 5.48 Å². The molecule has 0 radical (unpaired) electrons. The molecule has 0 aliphatic carbocycles. The van der Waals surface area contributed by atoms with Gasteiger partial charge in [-0.15, -0.1) is 0 Å². The molecule has 1 atom stereocenters. The number of aliphatic carboxylic acids is 1. The second-order valence-electron chi connectivity index (χ2n) is 3.30. The normalized spacial score (nSPS) is 11.1. The van der Waals surface area contributed by atoms with Crippen molar-refractivity contribution in [2.45, 2.75) is 22.9 Å². The average Bonchev–Trinajstić information content (AvgIpc) is 2.27. The van der Waals surface area contributed by atoms with Crippen LogP contribution in [0.25, 0.3) is 0 Å². The van der Waals surface area contributed by atoms with Gasteiger partial charge in [-0.3, -0.25) is 0 Å². The molecule has 0 rings (SSSR count). The molecule has 0 aliphatic rings. The minimum atomic E-state index is -1.07. The minimum Gasteiger partial charge on any atom is -0.870 e. The van der Waals surface area contributed by atoms with Crippen molar-refractivity contribution in [3.8, 4) is 0 Å². The van der Waals surface area contributed by atoms with Crippen molar-refractivity contribution < 1.29 is 55.8 Å². The first-order chi connectivity index (χ1) is 7.99. The van der Waals surface area contributed by atoms with Crippen LogP contribution in [-0.4, -0.2) is 48.2 Å². The molecule has 1 unspecified atom stereocenters. The van der Waals surface area contributed by atoms with E-state index in [1.54, 1.807) is 7.11 Å². The number of carbonyl (C=O) groups excluding carboxylic acids is 2. The Morgan fingerprint density at radius 1 is 1.33 bits per heavy atom. The summed E-state index contributed by atoms with van der Waals surface area (Å²) in [4.78, 5) is 32.5. The Bertz CT molecular complexity index is 282. The molecule has 0 aromatic rings. The topological polar surface area (TPSA) is 135 Å². The van der Waals surface area contributed by atoms with E-state index in [0.29, 0.717) is 32.7 Å². The van der Waals surface area contributed by atoms with Crippen LogP contribution >= 0.6 is 0 Å². The second-order valence-corrected chi connectivity index (χ2v) is 5.54. The van der Waals surface area contributed by atoms with E-state index in [9.17, 15) is 14.4 Å². The Labute approximate surface area is 121 Å². The van der Waals surface area contributed by atoms with Gasteiger partial charge in [-0.05, 0) is 0 Å². The van der Waals surface area contributed by atoms with Crippen molar-refractivity contribution >= 4 is 17.9 Å². The molecule has 0 bridgehead atoms. The standard InChI is InChI=1S/C9H15N2O5.Hg.H2O/c1-6(16-2)5-10-9(15)11-7(12)3-4-8(13)14;;/h6H,1,3-5H2,2H3,(H,13,14)(H2,10,11,12,15);;1H2/q;+1;/p-1. The van der Waals surface area contributed by atoms with Crippen LogP contribution in [0.3, 0.4) is 0 Å². The maximum Gasteiger partial charge on any atom is -0.870 e. The van der Waals surface area contributed by atoms with Gasteiger partial charge in [0.2, 0.25) is 0 Å². The predicted octanol–water partition coefficient (Wildman–Crippen LogP) is -0.520. The number of carboxylic acid groups (broad SMARTS) is 1. The van der Waals surface area contributed by atoms with Crippen LogP contribution in [0.4, 0.5) is 4.79 Å². The zero-order valence-corrected chi connectivity index (χ0v) is 15.6. The Kier molecular flexibility index (Phi) is 12.4. The summed E-state index contributed by atoms with van der Waals surface area (Å²) in [6, 6.07) is -0.621. The number of urea groups is 1. The zero-order chi connectivity index (χ0) is 13.3. The third-order valence-electron chi connectivity index (χ3n) is 1.96. The van der Waals surface area contributed by atoms with E-state index in [1.807, 2.05) is 5.32 Å². The molecule has 0 saturated heterocycles. The zero-order valence-electron chi connectivity index (χ0n) is 10.1. The Balaban J connectivity index is 0. The van der Waals surface area contributed by atoms with Crippen molar-refractivity contribution in [2.24, 2.45) is 0 Å². The summed E-state index contributed by atoms with van der Waals surface area (Å²) < 4.78 is 6.01. The van der Waals surface area contributed by atoms with Crippen LogP contribution in [0.2, 0.25) is 3.93 Å². The van der Waals surface area contributed by atoms with Crippen molar-refractivity contribution in [2.75, 3.05) is 13.7 Å². The van der Waals surface area contributed by atoms with Gasteiger partial charge in [0.1, 0.15) is 0 Å². The van der Waals surface area contributed by atoms with Gasteiger partial charge in [0.15, 0.2) is 0 Å². The summed E-state index contributed by atoms with van der Waals surface area (Å²) in [5.41, 5.74) is 0. The summed E-state index contributed by atoms with van der Waals surface area (Å²) in [6.07, 6.45) is -0.513. The predicted molar refractivity (Wildman–Crippen MR) is 56.0 cm³/mol. The van der Waals surface area contributed by atoms with E-state index in [-0.39, 0.29) is 24.4 Å². The summed E-state index contributed by atoms with van der Waals surface area (Å²) in [7, 11) is 1.56. The number of ether oxygens (including phenoxy) is 1. The molecule has 0 aromatic heterocycles. The summed E-state index contributed by atoms with van der Waals surface area (Å²) in [6.45, 7) is 0.345. The molecule has 9 heteroatoms. The molecule has 3 amide bonds. The van der Waals surface area contributed by atoms with Crippen LogP contribution in [-0.2, 0) is 40.4 Å². The number of hydrogen-bond donors (Lipinski definition) is 3. The van der Waals surface area contributed by atoms with Crippen LogP contribution in [0, 0.1) is 0 Å². The number of rotatable bonds is 7. The fourth-order valence-electron chi connectivity index (χ4n) is 0.964. The Morgan fingerprint density at radius 3 is 2.39 bits per heavy atom. The van der Waals surface area contributed by atoms with Crippen LogP contribution in [0.15, 0.2) is 0 Å². The monoisotopic (exact) mass is 450 g/mol. The quantitative estimate of drug-likeness (QED) is 0.449. The van der Waals surface area contributed by atoms with E-state index in [4.69, 9.17) is 9.84 Å². The number of carboxylic acids is 1. The fourth-order valence-corrected chi connectivity index (χ4v) is 2.67. The van der Waals surface area contributed by atoms with Gasteiger partial charge in [0.05, 0.1) is 0 Å².